The first-order valence-electron chi connectivity index (χ1n) is 7.59. The molecule has 1 atom stereocenters. The maximum atomic E-state index is 12.1. The van der Waals surface area contributed by atoms with Gasteiger partial charge in [-0.05, 0) is 25.2 Å². The highest BCUT2D eigenvalue weighted by molar-refractivity contribution is 7.15. The van der Waals surface area contributed by atoms with Gasteiger partial charge in [0.05, 0.1) is 0 Å². The van der Waals surface area contributed by atoms with E-state index in [4.69, 9.17) is 0 Å². The Morgan fingerprint density at radius 2 is 2.10 bits per heavy atom. The van der Waals surface area contributed by atoms with Crippen molar-refractivity contribution in [3.63, 3.8) is 0 Å². The van der Waals surface area contributed by atoms with Crippen LogP contribution >= 0.6 is 11.3 Å². The number of hydrogen-bond donors (Lipinski definition) is 1. The molecule has 0 spiro atoms. The SMILES string of the molecule is O=C(Nc1nnc(CC2CCCC2)s1)C1CC=CCC1. The number of rotatable bonds is 4. The molecule has 2 aliphatic rings. The van der Waals surface area contributed by atoms with E-state index in [0.717, 1.165) is 36.6 Å². The van der Waals surface area contributed by atoms with Crippen molar-refractivity contribution < 1.29 is 4.79 Å². The summed E-state index contributed by atoms with van der Waals surface area (Å²) in [5, 5.41) is 13.0. The topological polar surface area (TPSA) is 54.9 Å². The molecule has 3 rings (SSSR count). The molecule has 4 nitrogen and oxygen atoms in total. The molecule has 1 aromatic rings. The number of allylic oxidation sites excluding steroid dienone is 2. The zero-order valence-corrected chi connectivity index (χ0v) is 12.5. The second-order valence-electron chi connectivity index (χ2n) is 5.83. The van der Waals surface area contributed by atoms with E-state index in [9.17, 15) is 4.79 Å². The van der Waals surface area contributed by atoms with Gasteiger partial charge in [0.1, 0.15) is 5.01 Å². The summed E-state index contributed by atoms with van der Waals surface area (Å²) in [6.07, 6.45) is 13.4. The highest BCUT2D eigenvalue weighted by Crippen LogP contribution is 2.30. The fraction of sp³-hybridized carbons (Fsp3) is 0.667. The summed E-state index contributed by atoms with van der Waals surface area (Å²) in [4.78, 5) is 12.1. The van der Waals surface area contributed by atoms with E-state index in [0.29, 0.717) is 5.13 Å². The molecule has 1 N–H and O–H groups in total. The van der Waals surface area contributed by atoms with Gasteiger partial charge in [-0.3, -0.25) is 4.79 Å². The number of anilines is 1. The molecule has 1 unspecified atom stereocenters. The predicted molar refractivity (Wildman–Crippen MR) is 80.7 cm³/mol. The van der Waals surface area contributed by atoms with Gasteiger partial charge < -0.3 is 5.32 Å². The number of carbonyl (C=O) groups is 1. The fourth-order valence-corrected chi connectivity index (χ4v) is 3.94. The smallest absolute Gasteiger partial charge is 0.229 e. The zero-order chi connectivity index (χ0) is 13.8. The second kappa shape index (κ2) is 6.48. The lowest BCUT2D eigenvalue weighted by Gasteiger charge is -2.15. The Bertz CT molecular complexity index is 491. The molecule has 0 aliphatic heterocycles. The van der Waals surface area contributed by atoms with Crippen LogP contribution in [0.15, 0.2) is 12.2 Å². The predicted octanol–water partition coefficient (Wildman–Crippen LogP) is 3.57. The van der Waals surface area contributed by atoms with E-state index < -0.39 is 0 Å². The van der Waals surface area contributed by atoms with Crippen molar-refractivity contribution in [2.45, 2.75) is 51.4 Å². The summed E-state index contributed by atoms with van der Waals surface area (Å²) in [6.45, 7) is 0. The summed E-state index contributed by atoms with van der Waals surface area (Å²) in [5.74, 6) is 0.968. The normalized spacial score (nSPS) is 23.1. The molecule has 0 saturated heterocycles. The maximum Gasteiger partial charge on any atom is 0.229 e. The molecule has 20 heavy (non-hydrogen) atoms. The van der Waals surface area contributed by atoms with Gasteiger partial charge in [0.15, 0.2) is 0 Å². The number of amides is 1. The van der Waals surface area contributed by atoms with Crippen molar-refractivity contribution in [2.75, 3.05) is 5.32 Å². The summed E-state index contributed by atoms with van der Waals surface area (Å²) in [6, 6.07) is 0. The van der Waals surface area contributed by atoms with Crippen LogP contribution in [-0.2, 0) is 11.2 Å². The Labute approximate surface area is 123 Å². The van der Waals surface area contributed by atoms with E-state index in [2.05, 4.69) is 27.7 Å². The molecule has 1 aromatic heterocycles. The summed E-state index contributed by atoms with van der Waals surface area (Å²) >= 11 is 1.54. The Kier molecular flexibility index (Phi) is 4.45. The Balaban J connectivity index is 1.53. The number of nitrogens with one attached hydrogen (secondary N) is 1. The molecule has 2 aliphatic carbocycles. The first-order valence-corrected chi connectivity index (χ1v) is 8.41. The van der Waals surface area contributed by atoms with E-state index in [1.54, 1.807) is 0 Å². The molecule has 1 fully saturated rings. The first-order chi connectivity index (χ1) is 9.81. The van der Waals surface area contributed by atoms with Gasteiger partial charge in [-0.15, -0.1) is 10.2 Å². The van der Waals surface area contributed by atoms with Crippen LogP contribution in [0.1, 0.15) is 50.0 Å². The van der Waals surface area contributed by atoms with Gasteiger partial charge in [0, 0.05) is 12.3 Å². The van der Waals surface area contributed by atoms with E-state index in [1.165, 1.54) is 37.0 Å². The van der Waals surface area contributed by atoms with Crippen LogP contribution in [0.2, 0.25) is 0 Å². The van der Waals surface area contributed by atoms with Crippen molar-refractivity contribution in [3.05, 3.63) is 17.2 Å². The van der Waals surface area contributed by atoms with Crippen LogP contribution < -0.4 is 5.32 Å². The summed E-state index contributed by atoms with van der Waals surface area (Å²) in [5.41, 5.74) is 0. The zero-order valence-electron chi connectivity index (χ0n) is 11.7. The molecule has 108 valence electrons. The van der Waals surface area contributed by atoms with Gasteiger partial charge in [-0.25, -0.2) is 0 Å². The molecule has 0 aromatic carbocycles. The van der Waals surface area contributed by atoms with Crippen molar-refractivity contribution in [3.8, 4) is 0 Å². The minimum absolute atomic E-state index is 0.0953. The van der Waals surface area contributed by atoms with Crippen molar-refractivity contribution in [2.24, 2.45) is 11.8 Å². The number of nitrogens with zero attached hydrogens (tertiary/aromatic N) is 2. The first kappa shape index (κ1) is 13.7. The van der Waals surface area contributed by atoms with Gasteiger partial charge >= 0.3 is 0 Å². The molecule has 1 amide bonds. The van der Waals surface area contributed by atoms with Crippen LogP contribution in [0, 0.1) is 11.8 Å². The van der Waals surface area contributed by atoms with Crippen LogP contribution in [0.5, 0.6) is 0 Å². The average molecular weight is 291 g/mol. The number of aromatic nitrogens is 2. The third-order valence-corrected chi connectivity index (χ3v) is 5.14. The monoisotopic (exact) mass is 291 g/mol. The molecule has 0 radical (unpaired) electrons. The van der Waals surface area contributed by atoms with Gasteiger partial charge in [0.2, 0.25) is 11.0 Å². The summed E-state index contributed by atoms with van der Waals surface area (Å²) < 4.78 is 0. The second-order valence-corrected chi connectivity index (χ2v) is 6.89. The lowest BCUT2D eigenvalue weighted by Crippen LogP contribution is -2.23. The van der Waals surface area contributed by atoms with Crippen LogP contribution in [-0.4, -0.2) is 16.1 Å². The van der Waals surface area contributed by atoms with E-state index >= 15 is 0 Å². The minimum atomic E-state index is 0.0953. The Morgan fingerprint density at radius 3 is 2.85 bits per heavy atom. The highest BCUT2D eigenvalue weighted by atomic mass is 32.1. The Morgan fingerprint density at radius 1 is 1.25 bits per heavy atom. The average Bonchev–Trinajstić information content (AvgIpc) is 3.12. The van der Waals surface area contributed by atoms with Crippen molar-refractivity contribution in [1.29, 1.82) is 0 Å². The largest absolute Gasteiger partial charge is 0.300 e. The summed E-state index contributed by atoms with van der Waals surface area (Å²) in [7, 11) is 0. The maximum absolute atomic E-state index is 12.1. The number of hydrogen-bond acceptors (Lipinski definition) is 4. The molecule has 0 bridgehead atoms. The lowest BCUT2D eigenvalue weighted by atomic mass is 9.94. The minimum Gasteiger partial charge on any atom is -0.300 e. The molecular weight excluding hydrogens is 270 g/mol. The molecular formula is C15H21N3OS. The standard InChI is InChI=1S/C15H21N3OS/c19-14(12-8-2-1-3-9-12)16-15-18-17-13(20-15)10-11-6-4-5-7-11/h1-2,11-12H,3-10H2,(H,16,18,19). The van der Waals surface area contributed by atoms with Gasteiger partial charge in [-0.1, -0.05) is 49.2 Å². The fourth-order valence-electron chi connectivity index (χ4n) is 3.09. The Hall–Kier alpha value is -1.23. The van der Waals surface area contributed by atoms with Gasteiger partial charge in [-0.2, -0.15) is 0 Å². The quantitative estimate of drug-likeness (QED) is 0.863. The highest BCUT2D eigenvalue weighted by Gasteiger charge is 2.21. The third kappa shape index (κ3) is 3.45. The third-order valence-electron chi connectivity index (χ3n) is 4.27. The van der Waals surface area contributed by atoms with Crippen molar-refractivity contribution in [1.82, 2.24) is 10.2 Å². The van der Waals surface area contributed by atoms with Crippen LogP contribution in [0.25, 0.3) is 0 Å². The molecule has 1 saturated carbocycles. The molecule has 1 heterocycles. The van der Waals surface area contributed by atoms with Crippen molar-refractivity contribution >= 4 is 22.4 Å². The van der Waals surface area contributed by atoms with Crippen LogP contribution in [0.3, 0.4) is 0 Å². The van der Waals surface area contributed by atoms with Crippen LogP contribution in [0.4, 0.5) is 5.13 Å². The van der Waals surface area contributed by atoms with E-state index in [-0.39, 0.29) is 11.8 Å². The van der Waals surface area contributed by atoms with Gasteiger partial charge in [0.25, 0.3) is 0 Å². The molecule has 5 heteroatoms. The lowest BCUT2D eigenvalue weighted by molar-refractivity contribution is -0.120. The van der Waals surface area contributed by atoms with E-state index in [1.807, 2.05) is 0 Å². The number of carbonyl (C=O) groups excluding carboxylic acids is 1.